The third kappa shape index (κ3) is 19.4. The average Bonchev–Trinajstić information content (AvgIpc) is 3.85. The number of β-lactam (4-membered cyclic amide) rings is 1. The number of ether oxygens (including phenoxy) is 5. The van der Waals surface area contributed by atoms with Crippen LogP contribution >= 0.6 is 11.3 Å². The summed E-state index contributed by atoms with van der Waals surface area (Å²) in [7, 11) is -5.11. The Hall–Kier alpha value is -6.58. The number of hydrogen-bond donors (Lipinski definition) is 5. The van der Waals surface area contributed by atoms with Gasteiger partial charge in [0.1, 0.15) is 46.5 Å². The highest BCUT2D eigenvalue weighted by atomic mass is 32.3. The van der Waals surface area contributed by atoms with Gasteiger partial charge in [-0.15, -0.1) is 20.3 Å². The van der Waals surface area contributed by atoms with E-state index in [-0.39, 0.29) is 17.4 Å². The number of alkyl carbamates (subject to hydrolysis) is 2. The predicted molar refractivity (Wildman–Crippen MR) is 263 cm³/mol. The molecule has 4 rings (SSSR count). The number of amides is 5. The lowest BCUT2D eigenvalue weighted by molar-refractivity contribution is -0.775. The number of aryl methyl sites for hydroxylation is 1. The van der Waals surface area contributed by atoms with Gasteiger partial charge in [0.15, 0.2) is 17.4 Å². The van der Waals surface area contributed by atoms with E-state index >= 15 is 0 Å². The van der Waals surface area contributed by atoms with Gasteiger partial charge in [-0.2, -0.15) is 18.2 Å². The molecular formula is C46H68N9O16S2+. The number of nitrogens with one attached hydrogen (secondary N) is 4. The second-order valence-electron chi connectivity index (χ2n) is 21.0. The topological polar surface area (TPSA) is 307 Å². The van der Waals surface area contributed by atoms with Crippen molar-refractivity contribution < 1.29 is 79.2 Å². The van der Waals surface area contributed by atoms with E-state index in [0.717, 1.165) is 22.5 Å². The van der Waals surface area contributed by atoms with Crippen LogP contribution in [0.1, 0.15) is 109 Å². The van der Waals surface area contributed by atoms with Crippen LogP contribution in [0.25, 0.3) is 11.1 Å². The molecule has 0 radical (unpaired) electrons. The van der Waals surface area contributed by atoms with E-state index in [9.17, 15) is 41.7 Å². The molecule has 2 atom stereocenters. The van der Waals surface area contributed by atoms with Crippen molar-refractivity contribution >= 4 is 68.6 Å². The molecule has 2 aromatic heterocycles. The minimum Gasteiger partial charge on any atom is -0.489 e. The van der Waals surface area contributed by atoms with Gasteiger partial charge < -0.3 is 44.5 Å². The Morgan fingerprint density at radius 3 is 1.95 bits per heavy atom. The molecule has 1 saturated heterocycles. The molecule has 3 heterocycles. The molecule has 1 aliphatic rings. The number of oxime groups is 1. The largest absolute Gasteiger partial charge is 0.489 e. The summed E-state index contributed by atoms with van der Waals surface area (Å²) in [4.78, 5) is 87.6. The summed E-state index contributed by atoms with van der Waals surface area (Å²) in [5.41, 5.74) is -3.90. The quantitative estimate of drug-likeness (QED) is 0.0145. The highest BCUT2D eigenvalue weighted by Gasteiger charge is 2.58. The number of benzene rings is 1. The molecule has 0 spiro atoms. The molecule has 0 aliphatic carbocycles. The van der Waals surface area contributed by atoms with E-state index in [1.54, 1.807) is 107 Å². The number of esters is 1. The highest BCUT2D eigenvalue weighted by Crippen LogP contribution is 2.33. The summed E-state index contributed by atoms with van der Waals surface area (Å²) in [5, 5.41) is 16.1. The normalized spacial score (nSPS) is 15.5. The Morgan fingerprint density at radius 1 is 0.836 bits per heavy atom. The lowest BCUT2D eigenvalue weighted by Gasteiger charge is -2.50. The van der Waals surface area contributed by atoms with Crippen molar-refractivity contribution in [2.45, 2.75) is 157 Å². The van der Waals surface area contributed by atoms with Crippen molar-refractivity contribution in [3.8, 4) is 16.9 Å². The summed E-state index contributed by atoms with van der Waals surface area (Å²) < 4.78 is 67.9. The molecule has 27 heteroatoms. The standard InChI is InChI=1S/C46H67N9O16S2/c1-42(2,3)66-37(58)32(70-52-33(31-27-72-38(49-31)51-41(61)69-45(10,11)12)35(56)50-34-36(57)55(46(34,13)14)71-73(62,63)64)26-65-30-18-16-28(17-19-30)29-24-53(22-15-20-47-39(59)67-43(4,5)6)54(25-29)23-21-48-40(60)68-44(7,8)9/h16-19,24-25,27,32,34H,15,20-23,26H2,1-14H3,(H4-,47,48,49,50,51,56,59,60,61,62,63,64)/p+1/b52-33-. The fourth-order valence-corrected chi connectivity index (χ4v) is 7.50. The number of carbonyl (C=O) groups is 6. The van der Waals surface area contributed by atoms with Crippen LogP contribution in [0, 0.1) is 0 Å². The average molecular weight is 1070 g/mol. The van der Waals surface area contributed by atoms with E-state index in [2.05, 4.69) is 35.7 Å². The molecule has 1 aromatic carbocycles. The predicted octanol–water partition coefficient (Wildman–Crippen LogP) is 5.04. The number of hydroxylamine groups is 2. The van der Waals surface area contributed by atoms with Gasteiger partial charge in [0.05, 0.1) is 23.8 Å². The third-order valence-electron chi connectivity index (χ3n) is 9.37. The Balaban J connectivity index is 1.58. The maximum Gasteiger partial charge on any atom is 0.418 e. The molecule has 5 amide bonds. The summed E-state index contributed by atoms with van der Waals surface area (Å²) >= 11 is 0.879. The molecule has 0 saturated carbocycles. The van der Waals surface area contributed by atoms with Crippen LogP contribution < -0.4 is 30.7 Å². The van der Waals surface area contributed by atoms with Crippen molar-refractivity contribution in [2.24, 2.45) is 5.16 Å². The number of rotatable bonds is 20. The van der Waals surface area contributed by atoms with Gasteiger partial charge in [0, 0.05) is 24.9 Å². The zero-order chi connectivity index (χ0) is 54.9. The number of nitrogens with zero attached hydrogens (tertiary/aromatic N) is 5. The molecule has 25 nitrogen and oxygen atoms in total. The van der Waals surface area contributed by atoms with E-state index in [0.29, 0.717) is 36.9 Å². The number of thiazole rings is 1. The first kappa shape index (κ1) is 59.0. The van der Waals surface area contributed by atoms with E-state index in [1.807, 2.05) is 21.8 Å². The van der Waals surface area contributed by atoms with E-state index < -0.39 is 98.9 Å². The molecule has 0 bridgehead atoms. The van der Waals surface area contributed by atoms with E-state index in [4.69, 9.17) is 28.5 Å². The molecule has 1 aliphatic heterocycles. The number of anilines is 1. The van der Waals surface area contributed by atoms with Crippen molar-refractivity contribution in [1.82, 2.24) is 30.7 Å². The fourth-order valence-electron chi connectivity index (χ4n) is 6.37. The monoisotopic (exact) mass is 1070 g/mol. The van der Waals surface area contributed by atoms with Gasteiger partial charge in [0.25, 0.3) is 17.9 Å². The maximum atomic E-state index is 14.0. The first-order valence-electron chi connectivity index (χ1n) is 23.0. The molecule has 404 valence electrons. The van der Waals surface area contributed by atoms with Crippen molar-refractivity contribution in [3.63, 3.8) is 0 Å². The van der Waals surface area contributed by atoms with E-state index in [1.165, 1.54) is 19.2 Å². The minimum atomic E-state index is -5.11. The van der Waals surface area contributed by atoms with Gasteiger partial charge >= 0.3 is 34.6 Å². The van der Waals surface area contributed by atoms with Crippen LogP contribution in [0.15, 0.2) is 47.2 Å². The van der Waals surface area contributed by atoms with Crippen LogP contribution in [0.3, 0.4) is 0 Å². The molecule has 2 unspecified atom stereocenters. The van der Waals surface area contributed by atoms with Crippen LogP contribution in [-0.2, 0) is 65.9 Å². The minimum absolute atomic E-state index is 0.0258. The van der Waals surface area contributed by atoms with Crippen LogP contribution in [0.2, 0.25) is 0 Å². The maximum absolute atomic E-state index is 14.0. The lowest BCUT2D eigenvalue weighted by Crippen LogP contribution is -2.76. The van der Waals surface area contributed by atoms with Gasteiger partial charge in [-0.1, -0.05) is 17.3 Å². The summed E-state index contributed by atoms with van der Waals surface area (Å²) in [6.07, 6.45) is 0.819. The highest BCUT2D eigenvalue weighted by molar-refractivity contribution is 7.80. The van der Waals surface area contributed by atoms with Gasteiger partial charge in [-0.3, -0.25) is 19.5 Å². The first-order chi connectivity index (χ1) is 33.5. The second kappa shape index (κ2) is 23.5. The zero-order valence-corrected chi connectivity index (χ0v) is 45.2. The second-order valence-corrected chi connectivity index (χ2v) is 22.9. The Kier molecular flexibility index (Phi) is 19.0. The summed E-state index contributed by atoms with van der Waals surface area (Å²) in [6.45, 7) is 24.2. The molecule has 73 heavy (non-hydrogen) atoms. The lowest BCUT2D eigenvalue weighted by atomic mass is 9.84. The van der Waals surface area contributed by atoms with Crippen molar-refractivity contribution in [2.75, 3.05) is 25.0 Å². The molecule has 1 fully saturated rings. The fraction of sp³-hybridized carbons (Fsp3) is 0.587. The van der Waals surface area contributed by atoms with Crippen LogP contribution in [-0.4, -0.2) is 129 Å². The summed E-state index contributed by atoms with van der Waals surface area (Å²) in [5.74, 6) is -2.76. The third-order valence-corrected chi connectivity index (χ3v) is 10.5. The number of carbonyl (C=O) groups excluding carboxylic acids is 6. The zero-order valence-electron chi connectivity index (χ0n) is 43.6. The Labute approximate surface area is 428 Å². The van der Waals surface area contributed by atoms with Gasteiger partial charge in [-0.05, 0) is 115 Å². The van der Waals surface area contributed by atoms with Crippen molar-refractivity contribution in [3.05, 3.63) is 47.7 Å². The number of hydrogen-bond acceptors (Lipinski definition) is 18. The number of aromatic nitrogens is 3. The van der Waals surface area contributed by atoms with Crippen molar-refractivity contribution in [1.29, 1.82) is 0 Å². The first-order valence-corrected chi connectivity index (χ1v) is 25.2. The Morgan fingerprint density at radius 2 is 1.40 bits per heavy atom. The van der Waals surface area contributed by atoms with Crippen LogP contribution in [0.5, 0.6) is 5.75 Å². The Bertz CT molecular complexity index is 2600. The van der Waals surface area contributed by atoms with Gasteiger partial charge in [-0.25, -0.2) is 24.2 Å². The summed E-state index contributed by atoms with van der Waals surface area (Å²) in [6, 6.07) is 5.45. The molecular weight excluding hydrogens is 999 g/mol. The van der Waals surface area contributed by atoms with Crippen LogP contribution in [0.4, 0.5) is 19.5 Å². The molecule has 3 aromatic rings. The SMILES string of the molecule is CC(C)(C)OC(=O)NCCC[n+]1cc(-c2ccc(OCC(O/N=C(\C(=O)NC3C(=O)N(OS(=O)(=O)O)C3(C)C)c3csc(NC(=O)OC(C)(C)C)n3)C(=O)OC(C)(C)C)cc2)cn1CCNC(=O)OC(C)(C)C. The molecule has 5 N–H and O–H groups in total. The van der Waals surface area contributed by atoms with Gasteiger partial charge in [0.2, 0.25) is 6.20 Å². The smallest absolute Gasteiger partial charge is 0.418 e.